The standard InChI is InChI=1S/C26H21ClN2O5/c1-16-5-3-4-6-21(16)29-26(30)19(13-28)9-18-10-20(27)25(24(12-18)31-2)32-14-17-7-8-22-23(11-17)34-15-33-22/h3-12H,14-15H2,1-2H3,(H,29,30)/b19-9-. The Hall–Kier alpha value is -4.15. The lowest BCUT2D eigenvalue weighted by Crippen LogP contribution is -2.14. The fourth-order valence-corrected chi connectivity index (χ4v) is 3.64. The molecule has 8 heteroatoms. The van der Waals surface area contributed by atoms with Gasteiger partial charge in [0.2, 0.25) is 6.79 Å². The van der Waals surface area contributed by atoms with E-state index in [0.29, 0.717) is 34.2 Å². The number of ether oxygens (including phenoxy) is 4. The second kappa shape index (κ2) is 10.2. The number of aryl methyl sites for hydroxylation is 1. The number of fused-ring (bicyclic) bond motifs is 1. The molecule has 0 saturated carbocycles. The van der Waals surface area contributed by atoms with Gasteiger partial charge in [-0.05, 0) is 60.0 Å². The van der Waals surface area contributed by atoms with Crippen molar-refractivity contribution >= 4 is 29.3 Å². The Kier molecular flexibility index (Phi) is 6.90. The van der Waals surface area contributed by atoms with Crippen LogP contribution in [0.3, 0.4) is 0 Å². The van der Waals surface area contributed by atoms with Crippen LogP contribution in [0.4, 0.5) is 5.69 Å². The molecule has 34 heavy (non-hydrogen) atoms. The monoisotopic (exact) mass is 476 g/mol. The van der Waals surface area contributed by atoms with Crippen LogP contribution in [0, 0.1) is 18.3 Å². The highest BCUT2D eigenvalue weighted by molar-refractivity contribution is 6.32. The van der Waals surface area contributed by atoms with Crippen LogP contribution in [-0.2, 0) is 11.4 Å². The van der Waals surface area contributed by atoms with Crippen molar-refractivity contribution in [2.75, 3.05) is 19.2 Å². The first-order valence-corrected chi connectivity index (χ1v) is 10.7. The lowest BCUT2D eigenvalue weighted by atomic mass is 10.1. The number of carbonyl (C=O) groups is 1. The number of para-hydroxylation sites is 1. The molecule has 1 amide bonds. The summed E-state index contributed by atoms with van der Waals surface area (Å²) < 4.78 is 22.1. The summed E-state index contributed by atoms with van der Waals surface area (Å²) in [6.07, 6.45) is 1.45. The number of nitrogens with one attached hydrogen (secondary N) is 1. The maximum atomic E-state index is 12.6. The number of nitrogens with zero attached hydrogens (tertiary/aromatic N) is 1. The maximum Gasteiger partial charge on any atom is 0.266 e. The number of halogens is 1. The molecule has 1 aliphatic heterocycles. The predicted molar refractivity (Wildman–Crippen MR) is 128 cm³/mol. The summed E-state index contributed by atoms with van der Waals surface area (Å²) >= 11 is 6.47. The normalized spacial score (nSPS) is 12.1. The minimum absolute atomic E-state index is 0.0737. The molecule has 3 aromatic carbocycles. The van der Waals surface area contributed by atoms with E-state index in [1.165, 1.54) is 13.2 Å². The largest absolute Gasteiger partial charge is 0.493 e. The average molecular weight is 477 g/mol. The van der Waals surface area contributed by atoms with Crippen molar-refractivity contribution in [1.29, 1.82) is 5.26 Å². The van der Waals surface area contributed by atoms with Gasteiger partial charge in [0.05, 0.1) is 12.1 Å². The van der Waals surface area contributed by atoms with Gasteiger partial charge in [-0.2, -0.15) is 5.26 Å². The van der Waals surface area contributed by atoms with Gasteiger partial charge in [-0.15, -0.1) is 0 Å². The molecular weight excluding hydrogens is 456 g/mol. The summed E-state index contributed by atoms with van der Waals surface area (Å²) in [5.74, 6) is 1.55. The third kappa shape index (κ3) is 5.08. The summed E-state index contributed by atoms with van der Waals surface area (Å²) in [6.45, 7) is 2.30. The molecule has 1 aliphatic rings. The smallest absolute Gasteiger partial charge is 0.266 e. The molecule has 0 unspecified atom stereocenters. The number of amides is 1. The first-order chi connectivity index (χ1) is 16.5. The van der Waals surface area contributed by atoms with Gasteiger partial charge in [0.1, 0.15) is 18.2 Å². The van der Waals surface area contributed by atoms with Crippen molar-refractivity contribution in [2.45, 2.75) is 13.5 Å². The zero-order valence-electron chi connectivity index (χ0n) is 18.6. The topological polar surface area (TPSA) is 89.8 Å². The minimum Gasteiger partial charge on any atom is -0.493 e. The molecule has 0 spiro atoms. The van der Waals surface area contributed by atoms with E-state index in [1.807, 2.05) is 49.4 Å². The number of hydrogen-bond donors (Lipinski definition) is 1. The zero-order chi connectivity index (χ0) is 24.1. The van der Waals surface area contributed by atoms with Gasteiger partial charge in [-0.25, -0.2) is 0 Å². The molecule has 0 saturated heterocycles. The third-order valence-electron chi connectivity index (χ3n) is 5.14. The fourth-order valence-electron chi connectivity index (χ4n) is 3.37. The Morgan fingerprint density at radius 3 is 2.74 bits per heavy atom. The van der Waals surface area contributed by atoms with E-state index in [2.05, 4.69) is 5.32 Å². The zero-order valence-corrected chi connectivity index (χ0v) is 19.3. The van der Waals surface area contributed by atoms with E-state index in [-0.39, 0.29) is 24.0 Å². The number of rotatable bonds is 7. The summed E-state index contributed by atoms with van der Waals surface area (Å²) in [6, 6.07) is 18.1. The van der Waals surface area contributed by atoms with Gasteiger partial charge in [0.15, 0.2) is 23.0 Å². The van der Waals surface area contributed by atoms with Crippen LogP contribution >= 0.6 is 11.6 Å². The molecule has 0 aromatic heterocycles. The molecule has 4 rings (SSSR count). The lowest BCUT2D eigenvalue weighted by Gasteiger charge is -2.14. The Morgan fingerprint density at radius 1 is 1.18 bits per heavy atom. The average Bonchev–Trinajstić information content (AvgIpc) is 3.31. The Bertz CT molecular complexity index is 1310. The van der Waals surface area contributed by atoms with Crippen LogP contribution in [-0.4, -0.2) is 19.8 Å². The summed E-state index contributed by atoms with van der Waals surface area (Å²) in [5.41, 5.74) is 2.84. The Balaban J connectivity index is 1.53. The van der Waals surface area contributed by atoms with Crippen molar-refractivity contribution in [2.24, 2.45) is 0 Å². The molecule has 0 fully saturated rings. The maximum absolute atomic E-state index is 12.6. The van der Waals surface area contributed by atoms with Crippen molar-refractivity contribution in [3.8, 4) is 29.1 Å². The van der Waals surface area contributed by atoms with Crippen molar-refractivity contribution in [1.82, 2.24) is 0 Å². The number of benzene rings is 3. The highest BCUT2D eigenvalue weighted by atomic mass is 35.5. The highest BCUT2D eigenvalue weighted by Gasteiger charge is 2.17. The first-order valence-electron chi connectivity index (χ1n) is 10.4. The number of anilines is 1. The molecule has 1 N–H and O–H groups in total. The van der Waals surface area contributed by atoms with Crippen LogP contribution in [0.15, 0.2) is 60.2 Å². The van der Waals surface area contributed by atoms with E-state index < -0.39 is 5.91 Å². The summed E-state index contributed by atoms with van der Waals surface area (Å²) in [4.78, 5) is 12.6. The van der Waals surface area contributed by atoms with E-state index in [9.17, 15) is 10.1 Å². The van der Waals surface area contributed by atoms with Gasteiger partial charge in [0.25, 0.3) is 5.91 Å². The fraction of sp³-hybridized carbons (Fsp3) is 0.154. The third-order valence-corrected chi connectivity index (χ3v) is 5.42. The molecule has 0 bridgehead atoms. The quantitative estimate of drug-likeness (QED) is 0.357. The SMILES string of the molecule is COc1cc(/C=C(/C#N)C(=O)Nc2ccccc2C)cc(Cl)c1OCc1ccc2c(c1)OCO2. The molecule has 1 heterocycles. The van der Waals surface area contributed by atoms with Crippen molar-refractivity contribution in [3.63, 3.8) is 0 Å². The Morgan fingerprint density at radius 2 is 1.97 bits per heavy atom. The van der Waals surface area contributed by atoms with Gasteiger partial charge in [-0.1, -0.05) is 35.9 Å². The predicted octanol–water partition coefficient (Wildman–Crippen LogP) is 5.51. The molecule has 0 radical (unpaired) electrons. The number of carbonyl (C=O) groups excluding carboxylic acids is 1. The van der Waals surface area contributed by atoms with Crippen molar-refractivity contribution in [3.05, 3.63) is 81.9 Å². The van der Waals surface area contributed by atoms with Gasteiger partial charge >= 0.3 is 0 Å². The minimum atomic E-state index is -0.518. The van der Waals surface area contributed by atoms with E-state index in [1.54, 1.807) is 18.2 Å². The Labute approximate surface area is 202 Å². The van der Waals surface area contributed by atoms with Gasteiger partial charge in [0, 0.05) is 5.69 Å². The molecule has 0 atom stereocenters. The molecule has 172 valence electrons. The van der Waals surface area contributed by atoms with Gasteiger partial charge < -0.3 is 24.3 Å². The van der Waals surface area contributed by atoms with Crippen LogP contribution in [0.5, 0.6) is 23.0 Å². The molecular formula is C26H21ClN2O5. The number of methoxy groups -OCH3 is 1. The second-order valence-corrected chi connectivity index (χ2v) is 7.86. The van der Waals surface area contributed by atoms with E-state index >= 15 is 0 Å². The summed E-state index contributed by atoms with van der Waals surface area (Å²) in [7, 11) is 1.49. The molecule has 0 aliphatic carbocycles. The van der Waals surface area contributed by atoms with Crippen LogP contribution in [0.1, 0.15) is 16.7 Å². The molecule has 7 nitrogen and oxygen atoms in total. The first kappa shape index (κ1) is 23.0. The molecule has 3 aromatic rings. The summed E-state index contributed by atoms with van der Waals surface area (Å²) in [5, 5.41) is 12.6. The van der Waals surface area contributed by atoms with E-state index in [0.717, 1.165) is 11.1 Å². The lowest BCUT2D eigenvalue weighted by molar-refractivity contribution is -0.112. The van der Waals surface area contributed by atoms with E-state index in [4.69, 9.17) is 30.5 Å². The number of nitriles is 1. The second-order valence-electron chi connectivity index (χ2n) is 7.45. The van der Waals surface area contributed by atoms with Crippen LogP contribution < -0.4 is 24.3 Å². The van der Waals surface area contributed by atoms with Crippen molar-refractivity contribution < 1.29 is 23.7 Å². The van der Waals surface area contributed by atoms with Gasteiger partial charge in [-0.3, -0.25) is 4.79 Å². The van der Waals surface area contributed by atoms with Crippen LogP contribution in [0.2, 0.25) is 5.02 Å². The highest BCUT2D eigenvalue weighted by Crippen LogP contribution is 2.38. The van der Waals surface area contributed by atoms with Crippen LogP contribution in [0.25, 0.3) is 6.08 Å². The number of hydrogen-bond acceptors (Lipinski definition) is 6.